The van der Waals surface area contributed by atoms with Crippen molar-refractivity contribution < 1.29 is 4.39 Å². The van der Waals surface area contributed by atoms with Crippen LogP contribution in [0.5, 0.6) is 0 Å². The molecule has 0 amide bonds. The molecule has 1 heteroatoms. The van der Waals surface area contributed by atoms with Crippen LogP contribution in [-0.4, -0.2) is 0 Å². The van der Waals surface area contributed by atoms with Gasteiger partial charge in [0.2, 0.25) is 0 Å². The maximum absolute atomic E-state index is 15.0. The lowest BCUT2D eigenvalue weighted by Crippen LogP contribution is -2.23. The predicted octanol–water partition coefficient (Wildman–Crippen LogP) is 9.78. The molecule has 1 fully saturated rings. The van der Waals surface area contributed by atoms with E-state index in [1.165, 1.54) is 95.5 Å². The van der Waals surface area contributed by atoms with Gasteiger partial charge in [0, 0.05) is 0 Å². The van der Waals surface area contributed by atoms with Gasteiger partial charge in [-0.2, -0.15) is 0 Å². The van der Waals surface area contributed by atoms with Crippen LogP contribution >= 0.6 is 0 Å². The minimum atomic E-state index is 0.0513. The lowest BCUT2D eigenvalue weighted by Gasteiger charge is -2.36. The summed E-state index contributed by atoms with van der Waals surface area (Å²) < 4.78 is 15.0. The van der Waals surface area contributed by atoms with E-state index < -0.39 is 0 Å². The van der Waals surface area contributed by atoms with Crippen molar-refractivity contribution in [3.63, 3.8) is 0 Å². The van der Waals surface area contributed by atoms with E-state index in [0.717, 1.165) is 36.2 Å². The van der Waals surface area contributed by atoms with Gasteiger partial charge in [-0.25, -0.2) is 4.39 Å². The van der Waals surface area contributed by atoms with Gasteiger partial charge in [0.25, 0.3) is 0 Å². The number of hydrogen-bond donors (Lipinski definition) is 0. The van der Waals surface area contributed by atoms with Crippen LogP contribution in [0.1, 0.15) is 127 Å². The molecule has 1 aromatic rings. The second-order valence-electron chi connectivity index (χ2n) is 10.6. The second kappa shape index (κ2) is 13.4. The highest BCUT2D eigenvalue weighted by molar-refractivity contribution is 5.28. The van der Waals surface area contributed by atoms with E-state index in [2.05, 4.69) is 38.1 Å². The molecule has 0 aromatic heterocycles. The molecule has 174 valence electrons. The SMILES string of the molecule is CCCCCc1ccc(C(CC2CC=CCC2)C2CCC(CCCCC)CC2)cc1F. The van der Waals surface area contributed by atoms with Gasteiger partial charge in [0.15, 0.2) is 0 Å². The van der Waals surface area contributed by atoms with Crippen LogP contribution in [0.4, 0.5) is 4.39 Å². The topological polar surface area (TPSA) is 0 Å². The van der Waals surface area contributed by atoms with E-state index >= 15 is 4.39 Å². The lowest BCUT2D eigenvalue weighted by molar-refractivity contribution is 0.209. The van der Waals surface area contributed by atoms with Crippen LogP contribution in [0.3, 0.4) is 0 Å². The van der Waals surface area contributed by atoms with Crippen molar-refractivity contribution in [2.24, 2.45) is 17.8 Å². The maximum Gasteiger partial charge on any atom is 0.126 e. The van der Waals surface area contributed by atoms with Gasteiger partial charge >= 0.3 is 0 Å². The summed E-state index contributed by atoms with van der Waals surface area (Å²) in [6, 6.07) is 6.34. The normalized spacial score (nSPS) is 24.9. The fourth-order valence-electron chi connectivity index (χ4n) is 6.15. The minimum absolute atomic E-state index is 0.0513. The molecular formula is C30H47F. The van der Waals surface area contributed by atoms with Gasteiger partial charge in [0.05, 0.1) is 0 Å². The highest BCUT2D eigenvalue weighted by Gasteiger charge is 2.30. The molecule has 1 aromatic carbocycles. The van der Waals surface area contributed by atoms with Crippen molar-refractivity contribution in [3.05, 3.63) is 47.3 Å². The first kappa shape index (κ1) is 24.5. The Morgan fingerprint density at radius 2 is 1.65 bits per heavy atom. The number of aryl methyl sites for hydroxylation is 1. The smallest absolute Gasteiger partial charge is 0.126 e. The average molecular weight is 427 g/mol. The third-order valence-corrected chi connectivity index (χ3v) is 8.20. The molecule has 2 aliphatic carbocycles. The Bertz CT molecular complexity index is 652. The number of benzene rings is 1. The Balaban J connectivity index is 1.67. The van der Waals surface area contributed by atoms with Gasteiger partial charge in [-0.15, -0.1) is 0 Å². The van der Waals surface area contributed by atoms with Gasteiger partial charge in [-0.05, 0) is 92.2 Å². The van der Waals surface area contributed by atoms with Gasteiger partial charge < -0.3 is 0 Å². The Labute approximate surface area is 192 Å². The third kappa shape index (κ3) is 7.76. The highest BCUT2D eigenvalue weighted by Crippen LogP contribution is 2.44. The van der Waals surface area contributed by atoms with E-state index in [0.29, 0.717) is 5.92 Å². The summed E-state index contributed by atoms with van der Waals surface area (Å²) in [6.45, 7) is 4.51. The first-order chi connectivity index (χ1) is 15.2. The van der Waals surface area contributed by atoms with Gasteiger partial charge in [-0.3, -0.25) is 0 Å². The van der Waals surface area contributed by atoms with Crippen LogP contribution in [0, 0.1) is 23.6 Å². The highest BCUT2D eigenvalue weighted by atomic mass is 19.1. The van der Waals surface area contributed by atoms with Crippen LogP contribution in [0.2, 0.25) is 0 Å². The van der Waals surface area contributed by atoms with Crippen molar-refractivity contribution in [2.75, 3.05) is 0 Å². The summed E-state index contributed by atoms with van der Waals surface area (Å²) in [5, 5.41) is 0. The molecule has 31 heavy (non-hydrogen) atoms. The largest absolute Gasteiger partial charge is 0.207 e. The molecule has 2 aliphatic rings. The van der Waals surface area contributed by atoms with E-state index in [1.54, 1.807) is 0 Å². The molecular weight excluding hydrogens is 379 g/mol. The molecule has 1 saturated carbocycles. The Morgan fingerprint density at radius 3 is 2.32 bits per heavy atom. The number of rotatable bonds is 12. The Hall–Kier alpha value is -1.11. The third-order valence-electron chi connectivity index (χ3n) is 8.20. The van der Waals surface area contributed by atoms with Crippen molar-refractivity contribution in [1.82, 2.24) is 0 Å². The molecule has 3 rings (SSSR count). The van der Waals surface area contributed by atoms with Crippen LogP contribution in [0.15, 0.2) is 30.4 Å². The fraction of sp³-hybridized carbons (Fsp3) is 0.733. The van der Waals surface area contributed by atoms with E-state index in [1.807, 2.05) is 6.07 Å². The number of unbranched alkanes of at least 4 members (excludes halogenated alkanes) is 4. The van der Waals surface area contributed by atoms with E-state index in [-0.39, 0.29) is 5.82 Å². The first-order valence-electron chi connectivity index (χ1n) is 13.6. The molecule has 2 atom stereocenters. The van der Waals surface area contributed by atoms with Crippen molar-refractivity contribution in [1.29, 1.82) is 0 Å². The maximum atomic E-state index is 15.0. The number of allylic oxidation sites excluding steroid dienone is 2. The molecule has 0 nitrogen and oxygen atoms in total. The Morgan fingerprint density at radius 1 is 0.871 bits per heavy atom. The summed E-state index contributed by atoms with van der Waals surface area (Å²) >= 11 is 0. The monoisotopic (exact) mass is 426 g/mol. The van der Waals surface area contributed by atoms with Gasteiger partial charge in [-0.1, -0.05) is 89.5 Å². The zero-order valence-electron chi connectivity index (χ0n) is 20.4. The standard InChI is InChI=1S/C30H47F/c1-3-5-8-12-24-16-18-26(19-17-24)29(22-25-13-10-7-11-14-25)28-21-20-27(30(31)23-28)15-9-6-4-2/h7,10,20-21,23-26,29H,3-6,8-9,11-19,22H2,1-2H3. The molecule has 2 unspecified atom stereocenters. The average Bonchev–Trinajstić information content (AvgIpc) is 2.80. The Kier molecular flexibility index (Phi) is 10.6. The summed E-state index contributed by atoms with van der Waals surface area (Å²) in [4.78, 5) is 0. The van der Waals surface area contributed by atoms with Crippen LogP contribution in [0.25, 0.3) is 0 Å². The molecule has 0 bridgehead atoms. The molecule has 0 saturated heterocycles. The molecule has 0 radical (unpaired) electrons. The number of hydrogen-bond acceptors (Lipinski definition) is 0. The van der Waals surface area contributed by atoms with Crippen LogP contribution in [-0.2, 0) is 6.42 Å². The summed E-state index contributed by atoms with van der Waals surface area (Å²) in [5.74, 6) is 3.07. The molecule has 0 N–H and O–H groups in total. The van der Waals surface area contributed by atoms with E-state index in [4.69, 9.17) is 0 Å². The minimum Gasteiger partial charge on any atom is -0.207 e. The van der Waals surface area contributed by atoms with Crippen molar-refractivity contribution >= 4 is 0 Å². The van der Waals surface area contributed by atoms with Gasteiger partial charge in [0.1, 0.15) is 5.82 Å². The molecule has 0 aliphatic heterocycles. The summed E-state index contributed by atoms with van der Waals surface area (Å²) in [6.07, 6.45) is 25.2. The summed E-state index contributed by atoms with van der Waals surface area (Å²) in [5.41, 5.74) is 2.22. The fourth-order valence-corrected chi connectivity index (χ4v) is 6.15. The molecule has 0 heterocycles. The first-order valence-corrected chi connectivity index (χ1v) is 13.6. The summed E-state index contributed by atoms with van der Waals surface area (Å²) in [7, 11) is 0. The van der Waals surface area contributed by atoms with E-state index in [9.17, 15) is 0 Å². The quantitative estimate of drug-likeness (QED) is 0.230. The van der Waals surface area contributed by atoms with Crippen LogP contribution < -0.4 is 0 Å². The zero-order valence-corrected chi connectivity index (χ0v) is 20.4. The lowest BCUT2D eigenvalue weighted by atomic mass is 9.69. The zero-order chi connectivity index (χ0) is 21.9. The van der Waals surface area contributed by atoms with Crippen molar-refractivity contribution in [2.45, 2.75) is 122 Å². The second-order valence-corrected chi connectivity index (χ2v) is 10.6. The van der Waals surface area contributed by atoms with Crippen molar-refractivity contribution in [3.8, 4) is 0 Å². The predicted molar refractivity (Wildman–Crippen MR) is 133 cm³/mol. The number of halogens is 1. The molecule has 0 spiro atoms.